The third kappa shape index (κ3) is 5.24. The van der Waals surface area contributed by atoms with E-state index in [1.807, 2.05) is 0 Å². The molecule has 0 saturated heterocycles. The summed E-state index contributed by atoms with van der Waals surface area (Å²) in [4.78, 5) is 0. The van der Waals surface area contributed by atoms with Crippen molar-refractivity contribution in [1.82, 2.24) is 0 Å². The van der Waals surface area contributed by atoms with Crippen LogP contribution >= 0.6 is 0 Å². The molecule has 0 aromatic heterocycles. The highest BCUT2D eigenvalue weighted by atomic mass is 14.3. The largest absolute Gasteiger partial charge is 0.0801 e. The van der Waals surface area contributed by atoms with Gasteiger partial charge in [-0.2, -0.15) is 0 Å². The molecule has 0 nitrogen and oxygen atoms in total. The van der Waals surface area contributed by atoms with Crippen molar-refractivity contribution >= 4 is 16.8 Å². The fourth-order valence-electron chi connectivity index (χ4n) is 8.47. The van der Waals surface area contributed by atoms with Crippen molar-refractivity contribution in [3.05, 3.63) is 222 Å². The molecule has 8 aromatic carbocycles. The molecule has 0 N–H and O–H groups in total. The van der Waals surface area contributed by atoms with E-state index in [4.69, 9.17) is 0 Å². The van der Waals surface area contributed by atoms with Gasteiger partial charge in [0, 0.05) is 5.92 Å². The van der Waals surface area contributed by atoms with Gasteiger partial charge >= 0.3 is 0 Å². The molecule has 8 aromatic rings. The van der Waals surface area contributed by atoms with E-state index in [9.17, 15) is 0 Å². The molecule has 2 aliphatic rings. The number of benzene rings is 8. The zero-order chi connectivity index (χ0) is 34.4. The predicted octanol–water partition coefficient (Wildman–Crippen LogP) is 13.8. The SMILES string of the molecule is C1=CCc2c(c(-c3ccc(-c4ccccc4)cc3)cc3ccc(-c4ccc5c(c4)-c4ccccc4C5c4cccc(-c5ccccc5)c4)cc23)C=C1. The lowest BCUT2D eigenvalue weighted by molar-refractivity contribution is 1.02. The zero-order valence-corrected chi connectivity index (χ0v) is 28.8. The first-order valence-corrected chi connectivity index (χ1v) is 18.3. The van der Waals surface area contributed by atoms with E-state index in [1.165, 1.54) is 94.2 Å². The molecule has 0 spiro atoms. The monoisotopic (exact) mass is 660 g/mol. The van der Waals surface area contributed by atoms with Gasteiger partial charge in [-0.3, -0.25) is 0 Å². The molecule has 0 heteroatoms. The summed E-state index contributed by atoms with van der Waals surface area (Å²) in [5.74, 6) is 0.204. The normalized spacial score (nSPS) is 14.1. The summed E-state index contributed by atoms with van der Waals surface area (Å²) in [6, 6.07) is 65.0. The van der Waals surface area contributed by atoms with Crippen LogP contribution in [0.1, 0.15) is 33.7 Å². The van der Waals surface area contributed by atoms with Crippen LogP contribution in [0.15, 0.2) is 194 Å². The van der Waals surface area contributed by atoms with Crippen LogP contribution in [0.25, 0.3) is 72.5 Å². The molecule has 0 aliphatic heterocycles. The van der Waals surface area contributed by atoms with Crippen molar-refractivity contribution in [3.63, 3.8) is 0 Å². The highest BCUT2D eigenvalue weighted by molar-refractivity contribution is 5.99. The van der Waals surface area contributed by atoms with Crippen LogP contribution in [0, 0.1) is 0 Å². The molecule has 52 heavy (non-hydrogen) atoms. The van der Waals surface area contributed by atoms with Gasteiger partial charge in [-0.25, -0.2) is 0 Å². The average molecular weight is 661 g/mol. The highest BCUT2D eigenvalue weighted by Gasteiger charge is 2.30. The van der Waals surface area contributed by atoms with Crippen molar-refractivity contribution in [2.75, 3.05) is 0 Å². The van der Waals surface area contributed by atoms with Gasteiger partial charge in [0.05, 0.1) is 0 Å². The van der Waals surface area contributed by atoms with E-state index in [1.54, 1.807) is 0 Å². The summed E-state index contributed by atoms with van der Waals surface area (Å²) in [6.07, 6.45) is 9.86. The molecular weight excluding hydrogens is 625 g/mol. The van der Waals surface area contributed by atoms with E-state index in [2.05, 4.69) is 200 Å². The standard InChI is InChI=1S/C52H36/c1-4-13-35(14-5-1)37-23-25-38(26-24-37)49-34-42-28-27-40(32-50(42)45-20-9-3-8-19-44(45)49)41-29-30-48-51(33-41)46-21-10-11-22-47(46)52(48)43-18-12-17-39(31-43)36-15-6-2-7-16-36/h1-19,21-34,52H,20H2. The first-order valence-electron chi connectivity index (χ1n) is 18.3. The fourth-order valence-corrected chi connectivity index (χ4v) is 8.47. The van der Waals surface area contributed by atoms with Crippen LogP contribution in [0.4, 0.5) is 0 Å². The topological polar surface area (TPSA) is 0 Å². The third-order valence-corrected chi connectivity index (χ3v) is 11.0. The summed E-state index contributed by atoms with van der Waals surface area (Å²) < 4.78 is 0. The van der Waals surface area contributed by atoms with Crippen molar-refractivity contribution in [3.8, 4) is 55.6 Å². The molecule has 0 amide bonds. The Hall–Kier alpha value is -6.50. The second-order valence-corrected chi connectivity index (χ2v) is 14.0. The molecule has 0 bridgehead atoms. The lowest BCUT2D eigenvalue weighted by Gasteiger charge is -2.17. The van der Waals surface area contributed by atoms with Crippen LogP contribution in [0.5, 0.6) is 0 Å². The Balaban J connectivity index is 1.06. The Bertz CT molecular complexity index is 2670. The number of rotatable bonds is 5. The number of hydrogen-bond acceptors (Lipinski definition) is 0. The lowest BCUT2D eigenvalue weighted by Crippen LogP contribution is -1.99. The van der Waals surface area contributed by atoms with E-state index < -0.39 is 0 Å². The van der Waals surface area contributed by atoms with Gasteiger partial charge < -0.3 is 0 Å². The van der Waals surface area contributed by atoms with Crippen LogP contribution in [-0.4, -0.2) is 0 Å². The van der Waals surface area contributed by atoms with Gasteiger partial charge in [-0.05, 0) is 119 Å². The van der Waals surface area contributed by atoms with Crippen molar-refractivity contribution < 1.29 is 0 Å². The van der Waals surface area contributed by atoms with Gasteiger partial charge in [0.1, 0.15) is 0 Å². The van der Waals surface area contributed by atoms with Crippen LogP contribution < -0.4 is 0 Å². The van der Waals surface area contributed by atoms with Crippen molar-refractivity contribution in [2.24, 2.45) is 0 Å². The molecule has 1 unspecified atom stereocenters. The first-order chi connectivity index (χ1) is 25.8. The molecular formula is C52H36. The molecule has 10 rings (SSSR count). The van der Waals surface area contributed by atoms with E-state index in [-0.39, 0.29) is 5.92 Å². The van der Waals surface area contributed by atoms with Crippen LogP contribution in [0.3, 0.4) is 0 Å². The van der Waals surface area contributed by atoms with Crippen LogP contribution in [0.2, 0.25) is 0 Å². The number of allylic oxidation sites excluding steroid dienone is 3. The summed E-state index contributed by atoms with van der Waals surface area (Å²) >= 11 is 0. The minimum atomic E-state index is 0.204. The lowest BCUT2D eigenvalue weighted by atomic mass is 9.86. The molecule has 244 valence electrons. The Morgan fingerprint density at radius 2 is 1.00 bits per heavy atom. The van der Waals surface area contributed by atoms with Crippen molar-refractivity contribution in [1.29, 1.82) is 0 Å². The Morgan fingerprint density at radius 1 is 0.385 bits per heavy atom. The number of hydrogen-bond donors (Lipinski definition) is 0. The molecule has 0 saturated carbocycles. The summed E-state index contributed by atoms with van der Waals surface area (Å²) in [6.45, 7) is 0. The Labute approximate surface area is 305 Å². The van der Waals surface area contributed by atoms with E-state index >= 15 is 0 Å². The fraction of sp³-hybridized carbons (Fsp3) is 0.0385. The summed E-state index contributed by atoms with van der Waals surface area (Å²) in [7, 11) is 0. The minimum Gasteiger partial charge on any atom is -0.0801 e. The second kappa shape index (κ2) is 12.7. The maximum Gasteiger partial charge on any atom is 0.0352 e. The van der Waals surface area contributed by atoms with E-state index in [0.717, 1.165) is 6.42 Å². The molecule has 0 radical (unpaired) electrons. The van der Waals surface area contributed by atoms with Gasteiger partial charge in [-0.1, -0.05) is 182 Å². The maximum atomic E-state index is 2.43. The molecule has 1 atom stereocenters. The maximum absolute atomic E-state index is 2.43. The van der Waals surface area contributed by atoms with Gasteiger partial charge in [0.15, 0.2) is 0 Å². The minimum absolute atomic E-state index is 0.204. The zero-order valence-electron chi connectivity index (χ0n) is 28.8. The Morgan fingerprint density at radius 3 is 1.83 bits per heavy atom. The highest BCUT2D eigenvalue weighted by Crippen LogP contribution is 2.49. The van der Waals surface area contributed by atoms with Gasteiger partial charge in [0.2, 0.25) is 0 Å². The third-order valence-electron chi connectivity index (χ3n) is 11.0. The summed E-state index contributed by atoms with van der Waals surface area (Å²) in [5.41, 5.74) is 19.5. The first kappa shape index (κ1) is 30.3. The quantitative estimate of drug-likeness (QED) is 0.172. The van der Waals surface area contributed by atoms with Crippen molar-refractivity contribution in [2.45, 2.75) is 12.3 Å². The van der Waals surface area contributed by atoms with Crippen LogP contribution in [-0.2, 0) is 6.42 Å². The second-order valence-electron chi connectivity index (χ2n) is 14.0. The van der Waals surface area contributed by atoms with E-state index in [0.29, 0.717) is 0 Å². The molecule has 0 heterocycles. The average Bonchev–Trinajstić information content (AvgIpc) is 3.34. The molecule has 2 aliphatic carbocycles. The predicted molar refractivity (Wildman–Crippen MR) is 220 cm³/mol. The van der Waals surface area contributed by atoms with Gasteiger partial charge in [0.25, 0.3) is 0 Å². The smallest absolute Gasteiger partial charge is 0.0352 e. The van der Waals surface area contributed by atoms with Gasteiger partial charge in [-0.15, -0.1) is 0 Å². The Kier molecular flexibility index (Phi) is 7.40. The number of fused-ring (bicyclic) bond motifs is 6. The molecule has 0 fully saturated rings. The summed E-state index contributed by atoms with van der Waals surface area (Å²) in [5, 5.41) is 2.60.